The number of piperazine rings is 1. The molecule has 0 aliphatic carbocycles. The van der Waals surface area contributed by atoms with Crippen molar-refractivity contribution in [2.24, 2.45) is 5.92 Å². The number of amides is 1. The lowest BCUT2D eigenvalue weighted by Crippen LogP contribution is -2.51. The number of benzene rings is 2. The second-order valence-corrected chi connectivity index (χ2v) is 12.2. The fourth-order valence-corrected chi connectivity index (χ4v) is 7.25. The summed E-state index contributed by atoms with van der Waals surface area (Å²) in [6.45, 7) is 6.64. The number of nitrogens with zero attached hydrogens (tertiary/aromatic N) is 4. The molecule has 0 saturated carbocycles. The highest BCUT2D eigenvalue weighted by molar-refractivity contribution is 7.89. The van der Waals surface area contributed by atoms with Gasteiger partial charge in [0.1, 0.15) is 5.01 Å². The largest absolute Gasteiger partial charge is 0.340 e. The van der Waals surface area contributed by atoms with Gasteiger partial charge in [-0.15, -0.1) is 11.3 Å². The Morgan fingerprint density at radius 3 is 2.32 bits per heavy atom. The van der Waals surface area contributed by atoms with Crippen LogP contribution in [0.3, 0.4) is 0 Å². The maximum Gasteiger partial charge on any atom is 0.243 e. The highest BCUT2D eigenvalue weighted by Gasteiger charge is 2.34. The molecule has 2 saturated heterocycles. The van der Waals surface area contributed by atoms with Crippen LogP contribution in [0.1, 0.15) is 23.4 Å². The van der Waals surface area contributed by atoms with E-state index < -0.39 is 10.0 Å². The summed E-state index contributed by atoms with van der Waals surface area (Å²) in [5.41, 5.74) is 2.08. The first kappa shape index (κ1) is 23.4. The number of aryl methyl sites for hydroxylation is 1. The van der Waals surface area contributed by atoms with Gasteiger partial charge in [-0.05, 0) is 44.0 Å². The Morgan fingerprint density at radius 1 is 0.971 bits per heavy atom. The summed E-state index contributed by atoms with van der Waals surface area (Å²) >= 11 is 1.73. The molecule has 9 heteroatoms. The number of aromatic nitrogens is 1. The molecule has 0 spiro atoms. The number of fused-ring (bicyclic) bond motifs is 1. The number of hydrogen-bond acceptors (Lipinski definition) is 6. The third kappa shape index (κ3) is 4.88. The average Bonchev–Trinajstić information content (AvgIpc) is 3.27. The molecule has 0 radical (unpaired) electrons. The molecule has 2 aromatic carbocycles. The van der Waals surface area contributed by atoms with Crippen LogP contribution in [-0.4, -0.2) is 72.7 Å². The molecule has 2 aliphatic heterocycles. The number of thiazole rings is 1. The Morgan fingerprint density at radius 2 is 1.65 bits per heavy atom. The predicted molar refractivity (Wildman–Crippen MR) is 134 cm³/mol. The minimum atomic E-state index is -3.50. The van der Waals surface area contributed by atoms with E-state index in [9.17, 15) is 13.2 Å². The number of rotatable bonds is 5. The second kappa shape index (κ2) is 9.73. The number of carbonyl (C=O) groups excluding carboxylic acids is 1. The van der Waals surface area contributed by atoms with Crippen molar-refractivity contribution in [3.63, 3.8) is 0 Å². The normalized spacial score (nSPS) is 19.0. The molecular weight excluding hydrogens is 468 g/mol. The van der Waals surface area contributed by atoms with E-state index in [1.807, 2.05) is 42.2 Å². The summed E-state index contributed by atoms with van der Waals surface area (Å²) in [6, 6.07) is 15.2. The summed E-state index contributed by atoms with van der Waals surface area (Å²) < 4.78 is 28.6. The van der Waals surface area contributed by atoms with Crippen molar-refractivity contribution in [2.75, 3.05) is 39.3 Å². The van der Waals surface area contributed by atoms with E-state index in [4.69, 9.17) is 4.98 Å². The molecule has 0 bridgehead atoms. The van der Waals surface area contributed by atoms with Gasteiger partial charge in [-0.2, -0.15) is 4.31 Å². The van der Waals surface area contributed by atoms with E-state index in [0.717, 1.165) is 35.7 Å². The number of carbonyl (C=O) groups is 1. The van der Waals surface area contributed by atoms with Crippen molar-refractivity contribution in [1.29, 1.82) is 0 Å². The van der Waals surface area contributed by atoms with E-state index >= 15 is 0 Å². The zero-order valence-corrected chi connectivity index (χ0v) is 21.0. The van der Waals surface area contributed by atoms with Gasteiger partial charge in [0, 0.05) is 45.2 Å². The number of piperidine rings is 1. The standard InChI is InChI=1S/C25H30N4O3S2/c1-19-6-8-21(9-7-19)34(31,32)29-12-10-20(11-13-29)25(30)28-16-14-27(15-17-28)18-24-26-22-4-2-3-5-23(22)33-24/h2-9,20H,10-18H2,1H3. The van der Waals surface area contributed by atoms with Gasteiger partial charge in [0.2, 0.25) is 15.9 Å². The number of hydrogen-bond donors (Lipinski definition) is 0. The van der Waals surface area contributed by atoms with Crippen molar-refractivity contribution in [1.82, 2.24) is 19.1 Å². The van der Waals surface area contributed by atoms with Crippen LogP contribution >= 0.6 is 11.3 Å². The Balaban J connectivity index is 1.12. The highest BCUT2D eigenvalue weighted by atomic mass is 32.2. The van der Waals surface area contributed by atoms with Crippen LogP contribution in [0.5, 0.6) is 0 Å². The van der Waals surface area contributed by atoms with Gasteiger partial charge in [-0.1, -0.05) is 29.8 Å². The predicted octanol–water partition coefficient (Wildman–Crippen LogP) is 3.35. The van der Waals surface area contributed by atoms with E-state index in [1.165, 1.54) is 9.01 Å². The molecule has 1 amide bonds. The van der Waals surface area contributed by atoms with Crippen LogP contribution in [0, 0.1) is 12.8 Å². The Hall–Kier alpha value is -2.33. The van der Waals surface area contributed by atoms with Gasteiger partial charge in [0.15, 0.2) is 0 Å². The Kier molecular flexibility index (Phi) is 6.70. The Bertz CT molecular complexity index is 1220. The van der Waals surface area contributed by atoms with Gasteiger partial charge in [-0.3, -0.25) is 9.69 Å². The van der Waals surface area contributed by atoms with Crippen LogP contribution in [0.2, 0.25) is 0 Å². The molecule has 3 aromatic rings. The van der Waals surface area contributed by atoms with Crippen molar-refractivity contribution < 1.29 is 13.2 Å². The zero-order valence-electron chi connectivity index (χ0n) is 19.4. The lowest BCUT2D eigenvalue weighted by molar-refractivity contribution is -0.138. The molecule has 1 aromatic heterocycles. The molecule has 3 heterocycles. The monoisotopic (exact) mass is 498 g/mol. The number of sulfonamides is 1. The quantitative estimate of drug-likeness (QED) is 0.539. The molecule has 0 N–H and O–H groups in total. The highest BCUT2D eigenvalue weighted by Crippen LogP contribution is 2.27. The fraction of sp³-hybridized carbons (Fsp3) is 0.440. The van der Waals surface area contributed by atoms with Gasteiger partial charge in [0.05, 0.1) is 21.7 Å². The zero-order chi connectivity index (χ0) is 23.7. The average molecular weight is 499 g/mol. The fourth-order valence-electron chi connectivity index (χ4n) is 4.77. The van der Waals surface area contributed by atoms with Gasteiger partial charge in [-0.25, -0.2) is 13.4 Å². The van der Waals surface area contributed by atoms with Gasteiger partial charge in [0.25, 0.3) is 0 Å². The molecule has 5 rings (SSSR count). The van der Waals surface area contributed by atoms with Crippen molar-refractivity contribution >= 4 is 37.5 Å². The summed E-state index contributed by atoms with van der Waals surface area (Å²) in [7, 11) is -3.50. The number of para-hydroxylation sites is 1. The topological polar surface area (TPSA) is 73.8 Å². The van der Waals surface area contributed by atoms with E-state index in [0.29, 0.717) is 43.9 Å². The SMILES string of the molecule is Cc1ccc(S(=O)(=O)N2CCC(C(=O)N3CCN(Cc4nc5ccccc5s4)CC3)CC2)cc1. The first-order valence-corrected chi connectivity index (χ1v) is 14.1. The minimum Gasteiger partial charge on any atom is -0.340 e. The van der Waals surface area contributed by atoms with Crippen LogP contribution in [0.15, 0.2) is 53.4 Å². The Labute approximate surface area is 205 Å². The van der Waals surface area contributed by atoms with Crippen molar-refractivity contribution in [2.45, 2.75) is 31.2 Å². The maximum atomic E-state index is 13.1. The van der Waals surface area contributed by atoms with Crippen LogP contribution in [-0.2, 0) is 21.4 Å². The summed E-state index contributed by atoms with van der Waals surface area (Å²) in [4.78, 5) is 22.5. The third-order valence-electron chi connectivity index (χ3n) is 6.84. The molecular formula is C25H30N4O3S2. The third-order valence-corrected chi connectivity index (χ3v) is 9.78. The maximum absolute atomic E-state index is 13.1. The molecule has 34 heavy (non-hydrogen) atoms. The summed E-state index contributed by atoms with van der Waals surface area (Å²) in [5, 5.41) is 1.11. The van der Waals surface area contributed by atoms with Crippen molar-refractivity contribution in [3.8, 4) is 0 Å². The van der Waals surface area contributed by atoms with Crippen LogP contribution in [0.25, 0.3) is 10.2 Å². The van der Waals surface area contributed by atoms with Gasteiger partial charge < -0.3 is 4.90 Å². The lowest BCUT2D eigenvalue weighted by atomic mass is 9.96. The van der Waals surface area contributed by atoms with Gasteiger partial charge >= 0.3 is 0 Å². The smallest absolute Gasteiger partial charge is 0.243 e. The lowest BCUT2D eigenvalue weighted by Gasteiger charge is -2.38. The summed E-state index contributed by atoms with van der Waals surface area (Å²) in [6.07, 6.45) is 1.16. The molecule has 0 atom stereocenters. The van der Waals surface area contributed by atoms with E-state index in [2.05, 4.69) is 11.0 Å². The minimum absolute atomic E-state index is 0.0970. The van der Waals surface area contributed by atoms with E-state index in [-0.39, 0.29) is 11.8 Å². The first-order valence-electron chi connectivity index (χ1n) is 11.8. The molecule has 2 aliphatic rings. The molecule has 0 unspecified atom stereocenters. The molecule has 180 valence electrons. The second-order valence-electron chi connectivity index (χ2n) is 9.17. The van der Waals surface area contributed by atoms with Crippen LogP contribution < -0.4 is 0 Å². The summed E-state index contributed by atoms with van der Waals surface area (Å²) in [5.74, 6) is 0.0762. The molecule has 7 nitrogen and oxygen atoms in total. The van der Waals surface area contributed by atoms with E-state index in [1.54, 1.807) is 23.5 Å². The first-order chi connectivity index (χ1) is 16.4. The van der Waals surface area contributed by atoms with Crippen molar-refractivity contribution in [3.05, 3.63) is 59.1 Å². The van der Waals surface area contributed by atoms with Crippen LogP contribution in [0.4, 0.5) is 0 Å². The molecule has 2 fully saturated rings.